The van der Waals surface area contributed by atoms with Gasteiger partial charge >= 0.3 is 0 Å². The first-order valence-electron chi connectivity index (χ1n) is 11.8. The average Bonchev–Trinajstić information content (AvgIpc) is 3.71. The van der Waals surface area contributed by atoms with Gasteiger partial charge in [0.05, 0.1) is 14.2 Å². The molecular formula is C24H39N5O2. The molecule has 0 amide bonds. The summed E-state index contributed by atoms with van der Waals surface area (Å²) in [5.74, 6) is 3.58. The number of likely N-dealkylation sites (tertiary alicyclic amines) is 1. The molecule has 1 unspecified atom stereocenters. The second-order valence-electron chi connectivity index (χ2n) is 9.25. The van der Waals surface area contributed by atoms with Crippen molar-refractivity contribution in [2.45, 2.75) is 50.7 Å². The van der Waals surface area contributed by atoms with Gasteiger partial charge in [0.15, 0.2) is 5.96 Å². The Labute approximate surface area is 187 Å². The van der Waals surface area contributed by atoms with Crippen molar-refractivity contribution in [3.8, 4) is 11.5 Å². The Morgan fingerprint density at radius 1 is 1.10 bits per heavy atom. The van der Waals surface area contributed by atoms with E-state index in [9.17, 15) is 0 Å². The summed E-state index contributed by atoms with van der Waals surface area (Å²) < 4.78 is 10.8. The smallest absolute Gasteiger partial charge is 0.191 e. The number of ether oxygens (including phenoxy) is 2. The molecule has 1 atom stereocenters. The molecule has 1 aliphatic heterocycles. The molecule has 0 spiro atoms. The van der Waals surface area contributed by atoms with E-state index in [4.69, 9.17) is 9.47 Å². The number of methoxy groups -OCH3 is 2. The van der Waals surface area contributed by atoms with Gasteiger partial charge in [-0.1, -0.05) is 0 Å². The zero-order valence-electron chi connectivity index (χ0n) is 19.4. The third-order valence-electron chi connectivity index (χ3n) is 6.60. The summed E-state index contributed by atoms with van der Waals surface area (Å²) in [5, 5.41) is 7.17. The molecule has 2 N–H and O–H groups in total. The Morgan fingerprint density at radius 2 is 1.84 bits per heavy atom. The number of nitrogens with one attached hydrogen (secondary N) is 2. The second kappa shape index (κ2) is 10.6. The van der Waals surface area contributed by atoms with Crippen LogP contribution in [0.25, 0.3) is 0 Å². The Morgan fingerprint density at radius 3 is 2.45 bits per heavy atom. The van der Waals surface area contributed by atoms with Crippen molar-refractivity contribution < 1.29 is 9.47 Å². The fourth-order valence-corrected chi connectivity index (χ4v) is 4.51. The average molecular weight is 430 g/mol. The first-order valence-corrected chi connectivity index (χ1v) is 11.8. The Balaban J connectivity index is 1.20. The number of hydrogen-bond donors (Lipinski definition) is 2. The van der Waals surface area contributed by atoms with E-state index < -0.39 is 0 Å². The van der Waals surface area contributed by atoms with E-state index in [-0.39, 0.29) is 0 Å². The van der Waals surface area contributed by atoms with Gasteiger partial charge in [0.25, 0.3) is 0 Å². The van der Waals surface area contributed by atoms with Crippen molar-refractivity contribution in [1.82, 2.24) is 20.4 Å². The van der Waals surface area contributed by atoms with Crippen molar-refractivity contribution in [2.75, 3.05) is 54.0 Å². The maximum atomic E-state index is 5.41. The zero-order valence-corrected chi connectivity index (χ0v) is 19.4. The van der Waals surface area contributed by atoms with Crippen LogP contribution in [0.1, 0.15) is 37.7 Å². The molecule has 2 aliphatic carbocycles. The quantitative estimate of drug-likeness (QED) is 0.416. The molecule has 172 valence electrons. The van der Waals surface area contributed by atoms with Gasteiger partial charge in [0.2, 0.25) is 0 Å². The Kier molecular flexibility index (Phi) is 7.56. The first-order chi connectivity index (χ1) is 15.2. The van der Waals surface area contributed by atoms with Crippen LogP contribution in [-0.4, -0.2) is 81.8 Å². The molecule has 1 aromatic rings. The summed E-state index contributed by atoms with van der Waals surface area (Å²) in [7, 11) is 5.26. The first kappa shape index (κ1) is 22.2. The van der Waals surface area contributed by atoms with Crippen LogP contribution in [-0.2, 0) is 6.54 Å². The number of nitrogens with zero attached hydrogens (tertiary/aromatic N) is 3. The minimum absolute atomic E-state index is 0.421. The van der Waals surface area contributed by atoms with E-state index in [1.54, 1.807) is 14.2 Å². The van der Waals surface area contributed by atoms with E-state index >= 15 is 0 Å². The summed E-state index contributed by atoms with van der Waals surface area (Å²) in [6, 6.07) is 7.37. The lowest BCUT2D eigenvalue weighted by Crippen LogP contribution is -2.47. The molecule has 4 rings (SSSR count). The van der Waals surface area contributed by atoms with E-state index in [0.29, 0.717) is 6.04 Å². The summed E-state index contributed by atoms with van der Waals surface area (Å²) >= 11 is 0. The summed E-state index contributed by atoms with van der Waals surface area (Å²) in [5.41, 5.74) is 1.22. The second-order valence-corrected chi connectivity index (χ2v) is 9.25. The molecule has 0 bridgehead atoms. The zero-order chi connectivity index (χ0) is 21.6. The van der Waals surface area contributed by atoms with Crippen LogP contribution in [0, 0.1) is 5.92 Å². The lowest BCUT2D eigenvalue weighted by molar-refractivity contribution is 0.256. The van der Waals surface area contributed by atoms with Crippen LogP contribution < -0.4 is 20.1 Å². The van der Waals surface area contributed by atoms with Crippen LogP contribution in [0.5, 0.6) is 11.5 Å². The summed E-state index contributed by atoms with van der Waals surface area (Å²) in [4.78, 5) is 9.63. The fraction of sp³-hybridized carbons (Fsp3) is 0.708. The number of rotatable bonds is 11. The molecule has 0 aromatic heterocycles. The van der Waals surface area contributed by atoms with Gasteiger partial charge in [0.1, 0.15) is 11.5 Å². The van der Waals surface area contributed by atoms with Crippen molar-refractivity contribution in [1.29, 1.82) is 0 Å². The monoisotopic (exact) mass is 429 g/mol. The van der Waals surface area contributed by atoms with E-state index in [0.717, 1.165) is 68.6 Å². The normalized spacial score (nSPS) is 22.1. The predicted molar refractivity (Wildman–Crippen MR) is 125 cm³/mol. The maximum Gasteiger partial charge on any atom is 0.191 e. The fourth-order valence-electron chi connectivity index (χ4n) is 4.51. The van der Waals surface area contributed by atoms with E-state index in [2.05, 4.69) is 37.6 Å². The molecule has 1 aromatic carbocycles. The van der Waals surface area contributed by atoms with Gasteiger partial charge in [-0.25, -0.2) is 0 Å². The third-order valence-corrected chi connectivity index (χ3v) is 6.60. The van der Waals surface area contributed by atoms with Crippen LogP contribution in [0.2, 0.25) is 0 Å². The molecule has 7 nitrogen and oxygen atoms in total. The minimum atomic E-state index is 0.421. The van der Waals surface area contributed by atoms with Crippen LogP contribution in [0.3, 0.4) is 0 Å². The van der Waals surface area contributed by atoms with Crippen LogP contribution >= 0.6 is 0 Å². The molecule has 7 heteroatoms. The molecular weight excluding hydrogens is 390 g/mol. The standard InChI is InChI=1S/C24H39N5O2/c1-25-24(26-9-11-29(21-6-7-21)16-18-4-5-18)27-20-8-10-28(17-20)15-19-12-22(30-2)14-23(13-19)31-3/h12-14,18,20-21H,4-11,15-17H2,1-3H3,(H2,25,26,27). The highest BCUT2D eigenvalue weighted by Gasteiger charge is 2.33. The van der Waals surface area contributed by atoms with Crippen LogP contribution in [0.4, 0.5) is 0 Å². The van der Waals surface area contributed by atoms with Gasteiger partial charge in [-0.15, -0.1) is 0 Å². The van der Waals surface area contributed by atoms with Gasteiger partial charge < -0.3 is 20.1 Å². The van der Waals surface area contributed by atoms with Crippen molar-refractivity contribution in [3.05, 3.63) is 23.8 Å². The number of guanidine groups is 1. The Bertz CT molecular complexity index is 725. The van der Waals surface area contributed by atoms with Crippen molar-refractivity contribution in [3.63, 3.8) is 0 Å². The summed E-state index contributed by atoms with van der Waals surface area (Å²) in [6.07, 6.45) is 6.76. The van der Waals surface area contributed by atoms with Crippen molar-refractivity contribution >= 4 is 5.96 Å². The van der Waals surface area contributed by atoms with Gasteiger partial charge in [-0.05, 0) is 55.7 Å². The molecule has 2 saturated carbocycles. The number of hydrogen-bond acceptors (Lipinski definition) is 5. The predicted octanol–water partition coefficient (Wildman–Crippen LogP) is 2.32. The van der Waals surface area contributed by atoms with Gasteiger partial charge in [-0.3, -0.25) is 14.8 Å². The SMILES string of the molecule is CN=C(NCCN(CC1CC1)C1CC1)NC1CCN(Cc2cc(OC)cc(OC)c2)C1. The molecule has 1 saturated heterocycles. The highest BCUT2D eigenvalue weighted by molar-refractivity contribution is 5.80. The molecule has 31 heavy (non-hydrogen) atoms. The molecule has 1 heterocycles. The van der Waals surface area contributed by atoms with E-state index in [1.807, 2.05) is 13.1 Å². The van der Waals surface area contributed by atoms with Crippen LogP contribution in [0.15, 0.2) is 23.2 Å². The molecule has 0 radical (unpaired) electrons. The molecule has 3 aliphatic rings. The highest BCUT2D eigenvalue weighted by atomic mass is 16.5. The molecule has 3 fully saturated rings. The lowest BCUT2D eigenvalue weighted by Gasteiger charge is -2.23. The number of aliphatic imine (C=N–C) groups is 1. The largest absolute Gasteiger partial charge is 0.497 e. The van der Waals surface area contributed by atoms with E-state index in [1.165, 1.54) is 37.8 Å². The number of benzene rings is 1. The van der Waals surface area contributed by atoms with Gasteiger partial charge in [0, 0.05) is 64.5 Å². The minimum Gasteiger partial charge on any atom is -0.497 e. The Hall–Kier alpha value is -1.99. The third kappa shape index (κ3) is 6.74. The van der Waals surface area contributed by atoms with Crippen molar-refractivity contribution in [2.24, 2.45) is 10.9 Å². The van der Waals surface area contributed by atoms with Gasteiger partial charge in [-0.2, -0.15) is 0 Å². The lowest BCUT2D eigenvalue weighted by atomic mass is 10.2. The maximum absolute atomic E-state index is 5.41. The highest BCUT2D eigenvalue weighted by Crippen LogP contribution is 2.34. The topological polar surface area (TPSA) is 61.4 Å². The summed E-state index contributed by atoms with van der Waals surface area (Å²) in [6.45, 7) is 6.36.